The van der Waals surface area contributed by atoms with Gasteiger partial charge in [0.15, 0.2) is 4.67 Å². The number of furan rings is 1. The highest BCUT2D eigenvalue weighted by Crippen LogP contribution is 2.32. The van der Waals surface area contributed by atoms with E-state index >= 15 is 0 Å². The van der Waals surface area contributed by atoms with Crippen molar-refractivity contribution in [2.24, 2.45) is 11.6 Å². The second kappa shape index (κ2) is 12.8. The molecule has 3 atom stereocenters. The van der Waals surface area contributed by atoms with Gasteiger partial charge in [-0.2, -0.15) is 4.31 Å². The van der Waals surface area contributed by atoms with Crippen LogP contribution in [0.3, 0.4) is 0 Å². The van der Waals surface area contributed by atoms with Crippen molar-refractivity contribution in [2.75, 3.05) is 13.0 Å². The van der Waals surface area contributed by atoms with Crippen molar-refractivity contribution in [3.05, 3.63) is 64.3 Å². The second-order valence-electron chi connectivity index (χ2n) is 10.00. The molecule has 0 aliphatic rings. The first-order valence-electron chi connectivity index (χ1n) is 15.2. The van der Waals surface area contributed by atoms with E-state index in [-0.39, 0.29) is 27.5 Å². The number of rotatable bonds is 11. The van der Waals surface area contributed by atoms with E-state index in [1.807, 2.05) is 0 Å². The van der Waals surface area contributed by atoms with Crippen molar-refractivity contribution in [2.45, 2.75) is 70.2 Å². The lowest BCUT2D eigenvalue weighted by atomic mass is 10.0. The molecule has 9 nitrogen and oxygen atoms in total. The maximum Gasteiger partial charge on any atom is 0.407 e. The van der Waals surface area contributed by atoms with Crippen LogP contribution in [-0.4, -0.2) is 54.7 Å². The molecule has 0 saturated carbocycles. The molecular formula is C28H38BrN3O6S. The summed E-state index contributed by atoms with van der Waals surface area (Å²) in [5.74, 6) is -3.01. The van der Waals surface area contributed by atoms with E-state index in [0.29, 0.717) is 16.5 Å². The summed E-state index contributed by atoms with van der Waals surface area (Å²) in [6.45, 7) is -2.11. The topological polar surface area (TPSA) is 135 Å². The van der Waals surface area contributed by atoms with E-state index in [1.54, 1.807) is 51.1 Å². The van der Waals surface area contributed by atoms with Crippen LogP contribution in [0, 0.1) is 5.89 Å². The predicted molar refractivity (Wildman–Crippen MR) is 155 cm³/mol. The monoisotopic (exact) mass is 629 g/mol. The Hall–Kier alpha value is -2.44. The van der Waals surface area contributed by atoms with Gasteiger partial charge in [0.05, 0.1) is 17.0 Å². The van der Waals surface area contributed by atoms with Gasteiger partial charge in [-0.15, -0.1) is 0 Å². The Morgan fingerprint density at radius 1 is 1.31 bits per heavy atom. The fraction of sp³-hybridized carbons (Fsp3) is 0.464. The van der Waals surface area contributed by atoms with E-state index < -0.39 is 64.5 Å². The van der Waals surface area contributed by atoms with Crippen LogP contribution in [0.2, 0.25) is 0 Å². The molecule has 2 aromatic carbocycles. The van der Waals surface area contributed by atoms with Gasteiger partial charge in [0.1, 0.15) is 11.2 Å². The molecule has 11 heteroatoms. The molecular weight excluding hydrogens is 586 g/mol. The molecule has 0 fully saturated rings. The van der Waals surface area contributed by atoms with E-state index in [9.17, 15) is 18.3 Å². The zero-order chi connectivity index (χ0) is 34.2. The summed E-state index contributed by atoms with van der Waals surface area (Å²) in [7, 11) is -4.98. The summed E-state index contributed by atoms with van der Waals surface area (Å²) < 4.78 is 89.6. The zero-order valence-electron chi connectivity index (χ0n) is 28.2. The van der Waals surface area contributed by atoms with E-state index in [0.717, 1.165) is 13.0 Å². The maximum atomic E-state index is 14.3. The first kappa shape index (κ1) is 23.3. The number of sulfonamides is 1. The molecule has 3 rings (SSSR count). The smallest absolute Gasteiger partial charge is 0.407 e. The lowest BCUT2D eigenvalue weighted by molar-refractivity contribution is 0.0400. The van der Waals surface area contributed by atoms with Crippen LogP contribution in [0.4, 0.5) is 4.79 Å². The Balaban J connectivity index is 2.15. The number of fused-ring (bicyclic) bond motifs is 1. The number of nitrogens with one attached hydrogen (secondary N) is 1. The number of nitrogens with zero attached hydrogens (tertiary/aromatic N) is 1. The Kier molecular flexibility index (Phi) is 7.65. The van der Waals surface area contributed by atoms with Gasteiger partial charge in [0.2, 0.25) is 10.0 Å². The normalized spacial score (nSPS) is 18.6. The number of ether oxygens (including phenoxy) is 1. The molecule has 39 heavy (non-hydrogen) atoms. The van der Waals surface area contributed by atoms with Crippen LogP contribution in [0.15, 0.2) is 62.5 Å². The SMILES string of the molecule is [2H]C([2H])([2H])C([2H])(C)C([2H])([2H])N(C[C@@H](O)[C@H](Cc1ccccc1)NC(=O)OC(C)(C)C)S(=O)(=O)c1ccc2oc(Br)c(CN)c2c1. The van der Waals surface area contributed by atoms with Gasteiger partial charge >= 0.3 is 6.09 Å². The largest absolute Gasteiger partial charge is 0.449 e. The van der Waals surface area contributed by atoms with Gasteiger partial charge in [-0.25, -0.2) is 13.2 Å². The number of hydrogen-bond acceptors (Lipinski definition) is 7. The average Bonchev–Trinajstić information content (AvgIpc) is 3.23. The van der Waals surface area contributed by atoms with Gasteiger partial charge in [0, 0.05) is 38.8 Å². The zero-order valence-corrected chi connectivity index (χ0v) is 24.6. The molecule has 0 radical (unpaired) electrons. The summed E-state index contributed by atoms with van der Waals surface area (Å²) in [6, 6.07) is 11.1. The Labute approximate surface area is 247 Å². The molecule has 1 aromatic heterocycles. The first-order valence-corrected chi connectivity index (χ1v) is 14.4. The molecule has 0 saturated heterocycles. The molecule has 0 aliphatic heterocycles. The van der Waals surface area contributed by atoms with E-state index in [1.165, 1.54) is 12.1 Å². The fourth-order valence-corrected chi connectivity index (χ4v) is 5.79. The van der Waals surface area contributed by atoms with Crippen molar-refractivity contribution in [3.63, 3.8) is 0 Å². The number of aliphatic hydroxyl groups excluding tert-OH is 1. The number of halogens is 1. The third kappa shape index (κ3) is 8.28. The predicted octanol–water partition coefficient (Wildman–Crippen LogP) is 4.80. The number of carbonyl (C=O) groups excluding carboxylic acids is 1. The highest BCUT2D eigenvalue weighted by Gasteiger charge is 2.32. The number of alkyl carbamates (subject to hydrolysis) is 1. The van der Waals surface area contributed by atoms with Gasteiger partial charge < -0.3 is 25.3 Å². The van der Waals surface area contributed by atoms with Crippen molar-refractivity contribution >= 4 is 43.0 Å². The number of benzene rings is 2. The minimum Gasteiger partial charge on any atom is -0.449 e. The molecule has 4 N–H and O–H groups in total. The minimum absolute atomic E-state index is 0.0234. The minimum atomic E-state index is -4.98. The molecule has 0 spiro atoms. The van der Waals surface area contributed by atoms with Crippen molar-refractivity contribution in [1.82, 2.24) is 9.62 Å². The molecule has 0 aliphatic carbocycles. The number of hydrogen-bond donors (Lipinski definition) is 3. The lowest BCUT2D eigenvalue weighted by Gasteiger charge is -2.31. The molecule has 214 valence electrons. The maximum absolute atomic E-state index is 14.3. The van der Waals surface area contributed by atoms with Crippen LogP contribution < -0.4 is 11.1 Å². The summed E-state index contributed by atoms with van der Waals surface area (Å²) in [5, 5.41) is 14.4. The number of carbonyl (C=O) groups is 1. The molecule has 3 aromatic rings. The number of aliphatic hydroxyl groups is 1. The van der Waals surface area contributed by atoms with Gasteiger partial charge in [-0.1, -0.05) is 44.1 Å². The van der Waals surface area contributed by atoms with E-state index in [4.69, 9.17) is 23.1 Å². The molecule has 1 heterocycles. The van der Waals surface area contributed by atoms with Crippen LogP contribution >= 0.6 is 15.9 Å². The van der Waals surface area contributed by atoms with Gasteiger partial charge in [0.25, 0.3) is 0 Å². The van der Waals surface area contributed by atoms with Crippen LogP contribution in [0.5, 0.6) is 0 Å². The number of amides is 1. The molecule has 0 bridgehead atoms. The summed E-state index contributed by atoms with van der Waals surface area (Å²) in [4.78, 5) is 12.3. The summed E-state index contributed by atoms with van der Waals surface area (Å²) >= 11 is 3.24. The highest BCUT2D eigenvalue weighted by molar-refractivity contribution is 9.10. The summed E-state index contributed by atoms with van der Waals surface area (Å²) in [5.41, 5.74) is 6.28. The van der Waals surface area contributed by atoms with Gasteiger partial charge in [-0.05, 0) is 72.8 Å². The van der Waals surface area contributed by atoms with Crippen molar-refractivity contribution < 1.29 is 35.7 Å². The number of nitrogens with two attached hydrogens (primary N) is 1. The third-order valence-electron chi connectivity index (χ3n) is 5.62. The molecule has 1 amide bonds. The standard InChI is InChI=1S/C28H38BrN3O6S/c1-18(2)16-32(39(35,36)20-11-12-25-21(14-20)22(15-30)26(29)37-25)17-24(33)23(13-19-9-7-6-8-10-19)31-27(34)38-28(3,4)5/h6-12,14,18,23-24,33H,13,15-17,30H2,1-5H3,(H,31,34)/t23-,24+/m0/s1/i1D3,16D2,18D/t18?,23-,24+. The quantitative estimate of drug-likeness (QED) is 0.277. The van der Waals surface area contributed by atoms with Crippen LogP contribution in [0.25, 0.3) is 11.0 Å². The van der Waals surface area contributed by atoms with Crippen LogP contribution in [-0.2, 0) is 27.7 Å². The summed E-state index contributed by atoms with van der Waals surface area (Å²) in [6.07, 6.45) is -2.75. The van der Waals surface area contributed by atoms with Crippen LogP contribution in [0.1, 0.15) is 53.9 Å². The van der Waals surface area contributed by atoms with Crippen molar-refractivity contribution in [1.29, 1.82) is 0 Å². The Morgan fingerprint density at radius 2 is 2.00 bits per heavy atom. The highest BCUT2D eigenvalue weighted by atomic mass is 79.9. The lowest BCUT2D eigenvalue weighted by Crippen LogP contribution is -2.51. The third-order valence-corrected chi connectivity index (χ3v) is 7.93. The second-order valence-corrected chi connectivity index (χ2v) is 12.6. The average molecular weight is 631 g/mol. The fourth-order valence-electron chi connectivity index (χ4n) is 3.87. The van der Waals surface area contributed by atoms with E-state index in [2.05, 4.69) is 21.2 Å². The van der Waals surface area contributed by atoms with Crippen molar-refractivity contribution in [3.8, 4) is 0 Å². The first-order chi connectivity index (χ1) is 20.5. The van der Waals surface area contributed by atoms with Gasteiger partial charge in [-0.3, -0.25) is 0 Å². The Morgan fingerprint density at radius 3 is 2.62 bits per heavy atom. The Bertz CT molecular complexity index is 1610. The molecule has 1 unspecified atom stereocenters.